The number of nitrogens with two attached hydrogens (primary N) is 2. The lowest BCUT2D eigenvalue weighted by molar-refractivity contribution is -0.151. The van der Waals surface area contributed by atoms with Gasteiger partial charge >= 0.3 is 11.9 Å². The Kier molecular flexibility index (Phi) is 9.20. The van der Waals surface area contributed by atoms with Gasteiger partial charge in [-0.1, -0.05) is 6.92 Å². The molecule has 0 spiro atoms. The fourth-order valence-corrected chi connectivity index (χ4v) is 1.50. The molecule has 0 aliphatic carbocycles. The van der Waals surface area contributed by atoms with Crippen LogP contribution in [-0.2, 0) is 28.7 Å². The first kappa shape index (κ1) is 20.2. The molecule has 0 saturated carbocycles. The van der Waals surface area contributed by atoms with Gasteiger partial charge in [-0.15, -0.1) is 0 Å². The summed E-state index contributed by atoms with van der Waals surface area (Å²) >= 11 is 0. The fraction of sp³-hybridized carbons (Fsp3) is 0.714. The van der Waals surface area contributed by atoms with Crippen molar-refractivity contribution in [3.63, 3.8) is 0 Å². The first-order chi connectivity index (χ1) is 10.1. The number of ketones is 2. The molecule has 2 unspecified atom stereocenters. The minimum atomic E-state index is -0.990. The number of carbonyl (C=O) groups excluding carboxylic acids is 4. The van der Waals surface area contributed by atoms with Gasteiger partial charge in [0.2, 0.25) is 0 Å². The molecule has 0 aromatic rings. The first-order valence-corrected chi connectivity index (χ1v) is 6.96. The monoisotopic (exact) mass is 316 g/mol. The lowest BCUT2D eigenvalue weighted by Crippen LogP contribution is -2.36. The summed E-state index contributed by atoms with van der Waals surface area (Å²) in [5, 5.41) is 0. The van der Waals surface area contributed by atoms with Crippen molar-refractivity contribution < 1.29 is 28.7 Å². The molecule has 0 fully saturated rings. The van der Waals surface area contributed by atoms with Crippen LogP contribution in [0.15, 0.2) is 0 Å². The SMILES string of the molecule is CC(=O)CC(N)C(=O)OCC(C)COC(=O)C(N)CC(C)=O. The topological polar surface area (TPSA) is 139 Å². The molecular formula is C14H24N2O6. The van der Waals surface area contributed by atoms with Gasteiger partial charge < -0.3 is 20.9 Å². The Hall–Kier alpha value is -1.80. The van der Waals surface area contributed by atoms with Crippen LogP contribution in [0.3, 0.4) is 0 Å². The first-order valence-electron chi connectivity index (χ1n) is 6.96. The smallest absolute Gasteiger partial charge is 0.323 e. The van der Waals surface area contributed by atoms with Crippen LogP contribution in [0.2, 0.25) is 0 Å². The van der Waals surface area contributed by atoms with Gasteiger partial charge in [0.05, 0.1) is 13.2 Å². The minimum absolute atomic E-state index is 0.000333. The van der Waals surface area contributed by atoms with Gasteiger partial charge in [-0.05, 0) is 13.8 Å². The Morgan fingerprint density at radius 2 is 1.14 bits per heavy atom. The number of hydrogen-bond donors (Lipinski definition) is 2. The van der Waals surface area contributed by atoms with E-state index in [1.165, 1.54) is 13.8 Å². The number of Topliss-reactive ketones (excluding diaryl/α,β-unsaturated/α-hetero) is 2. The predicted octanol–water partition coefficient (Wildman–Crippen LogP) is -0.678. The van der Waals surface area contributed by atoms with Crippen molar-refractivity contribution in [1.82, 2.24) is 0 Å². The largest absolute Gasteiger partial charge is 0.464 e. The maximum Gasteiger partial charge on any atom is 0.323 e. The van der Waals surface area contributed by atoms with E-state index in [-0.39, 0.29) is 43.5 Å². The van der Waals surface area contributed by atoms with E-state index in [1.807, 2.05) is 0 Å². The van der Waals surface area contributed by atoms with Crippen LogP contribution < -0.4 is 11.5 Å². The molecule has 0 amide bonds. The quantitative estimate of drug-likeness (QED) is 0.505. The molecule has 2 atom stereocenters. The summed E-state index contributed by atoms with van der Waals surface area (Å²) in [4.78, 5) is 44.6. The molecule has 8 heteroatoms. The Labute approximate surface area is 129 Å². The summed E-state index contributed by atoms with van der Waals surface area (Å²) < 4.78 is 9.86. The maximum atomic E-state index is 11.5. The van der Waals surface area contributed by atoms with Crippen LogP contribution in [0.5, 0.6) is 0 Å². The molecule has 0 bridgehead atoms. The Morgan fingerprint density at radius 1 is 0.818 bits per heavy atom. The molecule has 0 rings (SSSR count). The summed E-state index contributed by atoms with van der Waals surface area (Å²) in [5.74, 6) is -2.03. The average molecular weight is 316 g/mol. The molecule has 0 aliphatic heterocycles. The molecule has 8 nitrogen and oxygen atoms in total. The van der Waals surface area contributed by atoms with Crippen molar-refractivity contribution in [3.05, 3.63) is 0 Å². The van der Waals surface area contributed by atoms with E-state index >= 15 is 0 Å². The van der Waals surface area contributed by atoms with Gasteiger partial charge in [0, 0.05) is 18.8 Å². The van der Waals surface area contributed by atoms with Crippen LogP contribution in [0.25, 0.3) is 0 Å². The standard InChI is InChI=1S/C14H24N2O6/c1-8(6-21-13(19)11(15)4-9(2)17)7-22-14(20)12(16)5-10(3)18/h8,11-12H,4-7,15-16H2,1-3H3. The van der Waals surface area contributed by atoms with E-state index in [0.29, 0.717) is 0 Å². The highest BCUT2D eigenvalue weighted by atomic mass is 16.5. The Bertz CT molecular complexity index is 386. The average Bonchev–Trinajstić information content (AvgIpc) is 2.40. The Morgan fingerprint density at radius 3 is 1.41 bits per heavy atom. The van der Waals surface area contributed by atoms with Gasteiger partial charge in [0.1, 0.15) is 23.7 Å². The number of carbonyl (C=O) groups is 4. The summed E-state index contributed by atoms with van der Waals surface area (Å²) in [6, 6.07) is -1.98. The summed E-state index contributed by atoms with van der Waals surface area (Å²) in [5.41, 5.74) is 11.0. The van der Waals surface area contributed by atoms with E-state index < -0.39 is 24.0 Å². The minimum Gasteiger partial charge on any atom is -0.464 e. The van der Waals surface area contributed by atoms with Gasteiger partial charge in [0.25, 0.3) is 0 Å². The molecule has 0 heterocycles. The Balaban J connectivity index is 4.02. The summed E-state index contributed by atoms with van der Waals surface area (Å²) in [7, 11) is 0. The molecule has 0 aromatic heterocycles. The molecule has 0 aromatic carbocycles. The van der Waals surface area contributed by atoms with Crippen molar-refractivity contribution in [2.45, 2.75) is 45.7 Å². The number of ether oxygens (including phenoxy) is 2. The van der Waals surface area contributed by atoms with Crippen molar-refractivity contribution in [2.75, 3.05) is 13.2 Å². The number of hydrogen-bond acceptors (Lipinski definition) is 8. The zero-order chi connectivity index (χ0) is 17.3. The van der Waals surface area contributed by atoms with Crippen LogP contribution in [-0.4, -0.2) is 48.8 Å². The second-order valence-electron chi connectivity index (χ2n) is 5.39. The highest BCUT2D eigenvalue weighted by Gasteiger charge is 2.20. The van der Waals surface area contributed by atoms with Crippen LogP contribution in [0.4, 0.5) is 0 Å². The maximum absolute atomic E-state index is 11.5. The number of rotatable bonds is 10. The second-order valence-corrected chi connectivity index (χ2v) is 5.39. The van der Waals surface area contributed by atoms with E-state index in [2.05, 4.69) is 0 Å². The fourth-order valence-electron chi connectivity index (χ4n) is 1.50. The van der Waals surface area contributed by atoms with Crippen molar-refractivity contribution in [2.24, 2.45) is 17.4 Å². The van der Waals surface area contributed by atoms with E-state index in [0.717, 1.165) is 0 Å². The molecule has 0 saturated heterocycles. The highest BCUT2D eigenvalue weighted by Crippen LogP contribution is 2.02. The zero-order valence-electron chi connectivity index (χ0n) is 13.2. The third kappa shape index (κ3) is 9.19. The van der Waals surface area contributed by atoms with Crippen LogP contribution >= 0.6 is 0 Å². The van der Waals surface area contributed by atoms with Gasteiger partial charge in [-0.3, -0.25) is 19.2 Å². The van der Waals surface area contributed by atoms with Crippen LogP contribution in [0.1, 0.15) is 33.6 Å². The predicted molar refractivity (Wildman–Crippen MR) is 77.6 cm³/mol. The lowest BCUT2D eigenvalue weighted by Gasteiger charge is -2.16. The molecule has 4 N–H and O–H groups in total. The van der Waals surface area contributed by atoms with Crippen LogP contribution in [0, 0.1) is 5.92 Å². The number of esters is 2. The molecule has 22 heavy (non-hydrogen) atoms. The lowest BCUT2D eigenvalue weighted by atomic mass is 10.1. The summed E-state index contributed by atoms with van der Waals surface area (Å²) in [6.07, 6.45) is -0.162. The molecule has 0 aliphatic rings. The van der Waals surface area contributed by atoms with Gasteiger partial charge in [-0.25, -0.2) is 0 Å². The molecular weight excluding hydrogens is 292 g/mol. The highest BCUT2D eigenvalue weighted by molar-refractivity contribution is 5.85. The molecule has 0 radical (unpaired) electrons. The van der Waals surface area contributed by atoms with Crippen molar-refractivity contribution in [1.29, 1.82) is 0 Å². The van der Waals surface area contributed by atoms with E-state index in [1.54, 1.807) is 6.92 Å². The normalized spacial score (nSPS) is 14.6. The van der Waals surface area contributed by atoms with Gasteiger partial charge in [0.15, 0.2) is 0 Å². The third-order valence-electron chi connectivity index (χ3n) is 2.64. The van der Waals surface area contributed by atoms with Crippen molar-refractivity contribution >= 4 is 23.5 Å². The molecule has 126 valence electrons. The second kappa shape index (κ2) is 10.0. The van der Waals surface area contributed by atoms with Crippen molar-refractivity contribution in [3.8, 4) is 0 Å². The van der Waals surface area contributed by atoms with E-state index in [9.17, 15) is 19.2 Å². The summed E-state index contributed by atoms with van der Waals surface area (Å²) in [6.45, 7) is 4.37. The van der Waals surface area contributed by atoms with Gasteiger partial charge in [-0.2, -0.15) is 0 Å². The zero-order valence-corrected chi connectivity index (χ0v) is 13.2. The third-order valence-corrected chi connectivity index (χ3v) is 2.64. The van der Waals surface area contributed by atoms with E-state index in [4.69, 9.17) is 20.9 Å².